The molecule has 7 heteroatoms. The minimum atomic E-state index is -3.59. The maximum atomic E-state index is 12.2. The van der Waals surface area contributed by atoms with E-state index in [0.29, 0.717) is 23.4 Å². The van der Waals surface area contributed by atoms with Gasteiger partial charge in [-0.05, 0) is 38.0 Å². The molecule has 0 aliphatic carbocycles. The van der Waals surface area contributed by atoms with E-state index in [9.17, 15) is 12.6 Å². The van der Waals surface area contributed by atoms with Crippen LogP contribution in [-0.2, 0) is 20.8 Å². The number of nitrogen functional groups attached to an aromatic ring is 1. The second kappa shape index (κ2) is 6.49. The van der Waals surface area contributed by atoms with Crippen molar-refractivity contribution in [3.63, 3.8) is 0 Å². The number of aryl methyl sites for hydroxylation is 1. The van der Waals surface area contributed by atoms with Crippen molar-refractivity contribution in [1.29, 1.82) is 0 Å². The maximum absolute atomic E-state index is 12.2. The topological polar surface area (TPSA) is 89.3 Å². The number of hydrogen-bond donors (Lipinski definition) is 2. The van der Waals surface area contributed by atoms with Crippen molar-refractivity contribution in [1.82, 2.24) is 4.72 Å². The molecular formula is C12H20N2O3S2. The highest BCUT2D eigenvalue weighted by atomic mass is 32.2. The number of anilines is 1. The van der Waals surface area contributed by atoms with Crippen LogP contribution in [0.1, 0.15) is 18.9 Å². The van der Waals surface area contributed by atoms with E-state index < -0.39 is 20.8 Å². The molecule has 0 heterocycles. The highest BCUT2D eigenvalue weighted by Gasteiger charge is 2.19. The molecule has 19 heavy (non-hydrogen) atoms. The summed E-state index contributed by atoms with van der Waals surface area (Å²) in [5.41, 5.74) is 6.68. The molecule has 0 saturated heterocycles. The number of hydrogen-bond acceptors (Lipinski definition) is 4. The first-order valence-corrected chi connectivity index (χ1v) is 9.12. The molecule has 0 fully saturated rings. The standard InChI is InChI=1S/C12H20N2O3S2/c1-9-4-5-11(13)8-12(9)19(16,17)14-10(2)6-7-18(3)15/h4-5,8,10,14H,6-7,13H2,1-3H3. The highest BCUT2D eigenvalue weighted by Crippen LogP contribution is 2.18. The summed E-state index contributed by atoms with van der Waals surface area (Å²) in [6, 6.07) is 4.52. The maximum Gasteiger partial charge on any atom is 0.241 e. The Bertz CT molecular complexity index is 570. The van der Waals surface area contributed by atoms with Gasteiger partial charge in [-0.1, -0.05) is 6.07 Å². The Balaban J connectivity index is 2.86. The zero-order valence-electron chi connectivity index (χ0n) is 11.3. The Morgan fingerprint density at radius 1 is 1.42 bits per heavy atom. The van der Waals surface area contributed by atoms with Gasteiger partial charge in [0.1, 0.15) is 0 Å². The molecule has 0 aliphatic rings. The lowest BCUT2D eigenvalue weighted by atomic mass is 10.2. The molecule has 108 valence electrons. The smallest absolute Gasteiger partial charge is 0.241 e. The summed E-state index contributed by atoms with van der Waals surface area (Å²) >= 11 is 0. The predicted octanol–water partition coefficient (Wildman–Crippen LogP) is 1.01. The lowest BCUT2D eigenvalue weighted by Crippen LogP contribution is -2.34. The molecule has 3 N–H and O–H groups in total. The van der Waals surface area contributed by atoms with Crippen molar-refractivity contribution < 1.29 is 12.6 Å². The lowest BCUT2D eigenvalue weighted by molar-refractivity contribution is 0.555. The fourth-order valence-corrected chi connectivity index (χ4v) is 3.88. The zero-order chi connectivity index (χ0) is 14.6. The molecule has 5 nitrogen and oxygen atoms in total. The summed E-state index contributed by atoms with van der Waals surface area (Å²) in [4.78, 5) is 0.192. The zero-order valence-corrected chi connectivity index (χ0v) is 13.0. The monoisotopic (exact) mass is 304 g/mol. The Morgan fingerprint density at radius 3 is 2.63 bits per heavy atom. The van der Waals surface area contributed by atoms with Crippen molar-refractivity contribution in [2.45, 2.75) is 31.2 Å². The number of benzene rings is 1. The summed E-state index contributed by atoms with van der Waals surface area (Å²) in [7, 11) is -4.51. The first kappa shape index (κ1) is 16.1. The van der Waals surface area contributed by atoms with Crippen molar-refractivity contribution in [2.24, 2.45) is 0 Å². The first-order chi connectivity index (χ1) is 8.72. The second-order valence-electron chi connectivity index (χ2n) is 4.61. The van der Waals surface area contributed by atoms with E-state index in [1.165, 1.54) is 6.07 Å². The molecule has 0 amide bonds. The molecule has 0 radical (unpaired) electrons. The fourth-order valence-electron chi connectivity index (χ4n) is 1.64. The Hall–Kier alpha value is -0.920. The molecule has 0 aliphatic heterocycles. The molecule has 0 saturated carbocycles. The van der Waals surface area contributed by atoms with Crippen LogP contribution in [0, 0.1) is 6.92 Å². The molecule has 1 rings (SSSR count). The largest absolute Gasteiger partial charge is 0.399 e. The third-order valence-corrected chi connectivity index (χ3v) is 5.24. The summed E-state index contributed by atoms with van der Waals surface area (Å²) in [5.74, 6) is 0.472. The van der Waals surface area contributed by atoms with Gasteiger partial charge in [-0.2, -0.15) is 0 Å². The third-order valence-electron chi connectivity index (χ3n) is 2.70. The van der Waals surface area contributed by atoms with Crippen LogP contribution >= 0.6 is 0 Å². The van der Waals surface area contributed by atoms with Crippen LogP contribution in [0.15, 0.2) is 23.1 Å². The Kier molecular flexibility index (Phi) is 5.51. The number of nitrogens with two attached hydrogens (primary N) is 1. The molecule has 0 spiro atoms. The van der Waals surface area contributed by atoms with Gasteiger partial charge >= 0.3 is 0 Å². The molecule has 2 unspecified atom stereocenters. The van der Waals surface area contributed by atoms with E-state index >= 15 is 0 Å². The van der Waals surface area contributed by atoms with Gasteiger partial charge in [0.05, 0.1) is 4.90 Å². The van der Waals surface area contributed by atoms with E-state index in [1.54, 1.807) is 32.2 Å². The van der Waals surface area contributed by atoms with E-state index in [4.69, 9.17) is 5.73 Å². The molecule has 1 aromatic carbocycles. The second-order valence-corrected chi connectivity index (χ2v) is 7.85. The van der Waals surface area contributed by atoms with Gasteiger partial charge < -0.3 is 5.73 Å². The van der Waals surface area contributed by atoms with Crippen LogP contribution in [0.5, 0.6) is 0 Å². The van der Waals surface area contributed by atoms with Crippen molar-refractivity contribution in [3.05, 3.63) is 23.8 Å². The van der Waals surface area contributed by atoms with Crippen LogP contribution in [0.2, 0.25) is 0 Å². The SMILES string of the molecule is Cc1ccc(N)cc1S(=O)(=O)NC(C)CCS(C)=O. The lowest BCUT2D eigenvalue weighted by Gasteiger charge is -2.15. The van der Waals surface area contributed by atoms with Gasteiger partial charge in [0, 0.05) is 34.5 Å². The Morgan fingerprint density at radius 2 is 2.05 bits per heavy atom. The van der Waals surface area contributed by atoms with E-state index in [1.807, 2.05) is 0 Å². The van der Waals surface area contributed by atoms with Crippen LogP contribution in [0.25, 0.3) is 0 Å². The molecule has 0 aromatic heterocycles. The Labute approximate surface area is 117 Å². The van der Waals surface area contributed by atoms with Crippen LogP contribution in [-0.4, -0.2) is 30.7 Å². The van der Waals surface area contributed by atoms with Gasteiger partial charge in [0.25, 0.3) is 0 Å². The van der Waals surface area contributed by atoms with Crippen LogP contribution in [0.4, 0.5) is 5.69 Å². The fraction of sp³-hybridized carbons (Fsp3) is 0.500. The molecule has 1 aromatic rings. The van der Waals surface area contributed by atoms with Crippen LogP contribution in [0.3, 0.4) is 0 Å². The summed E-state index contributed by atoms with van der Waals surface area (Å²) in [6.07, 6.45) is 2.13. The molecule has 0 bridgehead atoms. The highest BCUT2D eigenvalue weighted by molar-refractivity contribution is 7.89. The van der Waals surface area contributed by atoms with Crippen molar-refractivity contribution in [3.8, 4) is 0 Å². The van der Waals surface area contributed by atoms with E-state index in [-0.39, 0.29) is 10.9 Å². The summed E-state index contributed by atoms with van der Waals surface area (Å²) in [5, 5.41) is 0. The first-order valence-electron chi connectivity index (χ1n) is 5.91. The van der Waals surface area contributed by atoms with Gasteiger partial charge in [0.2, 0.25) is 10.0 Å². The minimum absolute atomic E-state index is 0.192. The average molecular weight is 304 g/mol. The van der Waals surface area contributed by atoms with Crippen LogP contribution < -0.4 is 10.5 Å². The van der Waals surface area contributed by atoms with Gasteiger partial charge in [-0.3, -0.25) is 4.21 Å². The van der Waals surface area contributed by atoms with Crippen molar-refractivity contribution in [2.75, 3.05) is 17.7 Å². The average Bonchev–Trinajstić information content (AvgIpc) is 2.29. The summed E-state index contributed by atoms with van der Waals surface area (Å²) < 4.78 is 38.0. The third kappa shape index (κ3) is 4.93. The summed E-state index contributed by atoms with van der Waals surface area (Å²) in [6.45, 7) is 3.48. The van der Waals surface area contributed by atoms with Crippen molar-refractivity contribution >= 4 is 26.5 Å². The molecule has 2 atom stereocenters. The molecular weight excluding hydrogens is 284 g/mol. The number of sulfonamides is 1. The van der Waals surface area contributed by atoms with Gasteiger partial charge in [0.15, 0.2) is 0 Å². The van der Waals surface area contributed by atoms with E-state index in [0.717, 1.165) is 0 Å². The van der Waals surface area contributed by atoms with E-state index in [2.05, 4.69) is 4.72 Å². The number of rotatable bonds is 6. The van der Waals surface area contributed by atoms with Gasteiger partial charge in [-0.15, -0.1) is 0 Å². The number of nitrogens with one attached hydrogen (secondary N) is 1. The quantitative estimate of drug-likeness (QED) is 0.768. The minimum Gasteiger partial charge on any atom is -0.399 e. The van der Waals surface area contributed by atoms with Gasteiger partial charge in [-0.25, -0.2) is 13.1 Å². The predicted molar refractivity (Wildman–Crippen MR) is 78.9 cm³/mol. The normalized spacial score (nSPS) is 15.1.